The van der Waals surface area contributed by atoms with E-state index in [1.807, 2.05) is 0 Å². The molecule has 136 valence electrons. The van der Waals surface area contributed by atoms with E-state index in [4.69, 9.17) is 23.2 Å². The number of nitrogens with zero attached hydrogens (tertiary/aromatic N) is 1. The molecule has 7 heteroatoms. The van der Waals surface area contributed by atoms with Gasteiger partial charge in [0.15, 0.2) is 0 Å². The summed E-state index contributed by atoms with van der Waals surface area (Å²) in [6.07, 6.45) is 8.33. The van der Waals surface area contributed by atoms with Crippen molar-refractivity contribution >= 4 is 40.7 Å². The monoisotopic (exact) mass is 391 g/mol. The zero-order valence-corrected chi connectivity index (χ0v) is 15.6. The molecule has 0 unspecified atom stereocenters. The van der Waals surface area contributed by atoms with Gasteiger partial charge in [-0.05, 0) is 37.1 Å². The van der Waals surface area contributed by atoms with Gasteiger partial charge >= 0.3 is 0 Å². The zero-order chi connectivity index (χ0) is 18.5. The van der Waals surface area contributed by atoms with Crippen LogP contribution in [0.5, 0.6) is 0 Å². The summed E-state index contributed by atoms with van der Waals surface area (Å²) in [6, 6.07) is 6.52. The summed E-state index contributed by atoms with van der Waals surface area (Å²) in [7, 11) is 0. The molecule has 3 rings (SSSR count). The van der Waals surface area contributed by atoms with Gasteiger partial charge in [0.2, 0.25) is 0 Å². The van der Waals surface area contributed by atoms with Gasteiger partial charge in [-0.25, -0.2) is 0 Å². The van der Waals surface area contributed by atoms with Crippen molar-refractivity contribution in [3.63, 3.8) is 0 Å². The molecule has 26 heavy (non-hydrogen) atoms. The van der Waals surface area contributed by atoms with Crippen molar-refractivity contribution < 1.29 is 9.59 Å². The normalized spacial score (nSPS) is 14.7. The second-order valence-corrected chi connectivity index (χ2v) is 7.19. The molecular weight excluding hydrogens is 373 g/mol. The maximum absolute atomic E-state index is 12.5. The number of carbonyl (C=O) groups is 2. The predicted molar refractivity (Wildman–Crippen MR) is 103 cm³/mol. The van der Waals surface area contributed by atoms with Crippen LogP contribution in [0.3, 0.4) is 0 Å². The summed E-state index contributed by atoms with van der Waals surface area (Å²) in [5, 5.41) is 6.54. The van der Waals surface area contributed by atoms with Crippen molar-refractivity contribution in [1.82, 2.24) is 10.3 Å². The van der Waals surface area contributed by atoms with E-state index in [1.165, 1.54) is 24.9 Å². The zero-order valence-electron chi connectivity index (χ0n) is 14.1. The number of pyridine rings is 1. The molecule has 1 aliphatic carbocycles. The lowest BCUT2D eigenvalue weighted by Crippen LogP contribution is -2.36. The van der Waals surface area contributed by atoms with Crippen LogP contribution in [0.1, 0.15) is 52.8 Å². The highest BCUT2D eigenvalue weighted by atomic mass is 35.5. The van der Waals surface area contributed by atoms with Gasteiger partial charge in [0, 0.05) is 23.5 Å². The molecule has 0 radical (unpaired) electrons. The second-order valence-electron chi connectivity index (χ2n) is 6.35. The molecular formula is C19H19Cl2N3O2. The van der Waals surface area contributed by atoms with Crippen LogP contribution < -0.4 is 10.6 Å². The Bertz CT molecular complexity index is 820. The molecule has 1 fully saturated rings. The first-order valence-corrected chi connectivity index (χ1v) is 9.31. The average molecular weight is 392 g/mol. The second kappa shape index (κ2) is 8.52. The van der Waals surface area contributed by atoms with E-state index in [9.17, 15) is 9.59 Å². The predicted octanol–water partition coefficient (Wildman–Crippen LogP) is 4.70. The highest BCUT2D eigenvalue weighted by Gasteiger charge is 2.18. The topological polar surface area (TPSA) is 71.1 Å². The van der Waals surface area contributed by atoms with Crippen LogP contribution in [0, 0.1) is 0 Å². The molecule has 1 aromatic carbocycles. The highest BCUT2D eigenvalue weighted by molar-refractivity contribution is 6.35. The van der Waals surface area contributed by atoms with E-state index in [-0.39, 0.29) is 17.5 Å². The molecule has 0 atom stereocenters. The van der Waals surface area contributed by atoms with E-state index in [1.54, 1.807) is 18.2 Å². The number of halogens is 2. The molecule has 2 amide bonds. The molecule has 5 nitrogen and oxygen atoms in total. The molecule has 0 saturated heterocycles. The number of benzene rings is 1. The van der Waals surface area contributed by atoms with Crippen LogP contribution in [0.4, 0.5) is 5.69 Å². The fraction of sp³-hybridized carbons (Fsp3) is 0.316. The minimum Gasteiger partial charge on any atom is -0.349 e. The number of nitrogens with one attached hydrogen (secondary N) is 2. The first kappa shape index (κ1) is 18.7. The minimum atomic E-state index is -0.408. The summed E-state index contributed by atoms with van der Waals surface area (Å²) in [4.78, 5) is 28.9. The Hall–Kier alpha value is -2.11. The third-order valence-electron chi connectivity index (χ3n) is 4.38. The van der Waals surface area contributed by atoms with Crippen molar-refractivity contribution in [2.75, 3.05) is 5.32 Å². The maximum atomic E-state index is 12.5. The van der Waals surface area contributed by atoms with Gasteiger partial charge in [0.1, 0.15) is 0 Å². The van der Waals surface area contributed by atoms with Crippen molar-refractivity contribution in [3.8, 4) is 0 Å². The van der Waals surface area contributed by atoms with E-state index in [2.05, 4.69) is 15.6 Å². The molecule has 2 aromatic rings. The quantitative estimate of drug-likeness (QED) is 0.792. The van der Waals surface area contributed by atoms with Gasteiger partial charge in [0.05, 0.1) is 21.8 Å². The first-order valence-electron chi connectivity index (χ1n) is 8.55. The number of anilines is 1. The van der Waals surface area contributed by atoms with Crippen molar-refractivity contribution in [2.24, 2.45) is 0 Å². The van der Waals surface area contributed by atoms with Crippen LogP contribution in [-0.2, 0) is 0 Å². The number of aromatic nitrogens is 1. The van der Waals surface area contributed by atoms with Crippen LogP contribution in [0.25, 0.3) is 0 Å². The van der Waals surface area contributed by atoms with Gasteiger partial charge in [-0.1, -0.05) is 42.5 Å². The Labute approximate surface area is 162 Å². The first-order chi connectivity index (χ1) is 12.5. The third kappa shape index (κ3) is 4.74. The molecule has 1 heterocycles. The Kier molecular flexibility index (Phi) is 6.12. The number of amides is 2. The Morgan fingerprint density at radius 1 is 0.962 bits per heavy atom. The number of carbonyl (C=O) groups excluding carboxylic acids is 2. The molecule has 0 spiro atoms. The fourth-order valence-corrected chi connectivity index (χ4v) is 3.33. The minimum absolute atomic E-state index is 0.194. The standard InChI is InChI=1S/C19H19Cl2N3O2/c20-14-6-7-16(21)17(9-14)24-19(26)13-8-12(10-22-11-13)18(25)23-15-4-2-1-3-5-15/h6-11,15H,1-5H2,(H,23,25)(H,24,26). The van der Waals surface area contributed by atoms with E-state index in [0.717, 1.165) is 25.7 Å². The molecule has 2 N–H and O–H groups in total. The molecule has 0 bridgehead atoms. The molecule has 1 aliphatic rings. The third-order valence-corrected chi connectivity index (χ3v) is 4.94. The Morgan fingerprint density at radius 3 is 2.38 bits per heavy atom. The van der Waals surface area contributed by atoms with Gasteiger partial charge in [-0.3, -0.25) is 14.6 Å². The van der Waals surface area contributed by atoms with E-state index >= 15 is 0 Å². The lowest BCUT2D eigenvalue weighted by molar-refractivity contribution is 0.0927. The van der Waals surface area contributed by atoms with Crippen molar-refractivity contribution in [2.45, 2.75) is 38.1 Å². The Balaban J connectivity index is 1.70. The summed E-state index contributed by atoms with van der Waals surface area (Å²) in [5.41, 5.74) is 1.04. The summed E-state index contributed by atoms with van der Waals surface area (Å²) >= 11 is 12.0. The maximum Gasteiger partial charge on any atom is 0.257 e. The molecule has 1 aromatic heterocycles. The van der Waals surface area contributed by atoms with Gasteiger partial charge in [0.25, 0.3) is 11.8 Å². The lowest BCUT2D eigenvalue weighted by Gasteiger charge is -2.22. The van der Waals surface area contributed by atoms with Crippen LogP contribution >= 0.6 is 23.2 Å². The largest absolute Gasteiger partial charge is 0.349 e. The lowest BCUT2D eigenvalue weighted by atomic mass is 9.95. The van der Waals surface area contributed by atoms with Crippen LogP contribution in [0.15, 0.2) is 36.7 Å². The van der Waals surface area contributed by atoms with E-state index in [0.29, 0.717) is 21.3 Å². The summed E-state index contributed by atoms with van der Waals surface area (Å²) in [5.74, 6) is -0.617. The summed E-state index contributed by atoms with van der Waals surface area (Å²) < 4.78 is 0. The van der Waals surface area contributed by atoms with Crippen LogP contribution in [0.2, 0.25) is 10.0 Å². The number of hydrogen-bond acceptors (Lipinski definition) is 3. The van der Waals surface area contributed by atoms with Crippen LogP contribution in [-0.4, -0.2) is 22.8 Å². The van der Waals surface area contributed by atoms with Crippen molar-refractivity contribution in [3.05, 3.63) is 57.8 Å². The van der Waals surface area contributed by atoms with Gasteiger partial charge in [-0.15, -0.1) is 0 Å². The van der Waals surface area contributed by atoms with Gasteiger partial charge < -0.3 is 10.6 Å². The average Bonchev–Trinajstić information content (AvgIpc) is 2.65. The molecule has 1 saturated carbocycles. The van der Waals surface area contributed by atoms with E-state index < -0.39 is 5.91 Å². The number of rotatable bonds is 4. The number of hydrogen-bond donors (Lipinski definition) is 2. The Morgan fingerprint density at radius 2 is 1.65 bits per heavy atom. The smallest absolute Gasteiger partial charge is 0.257 e. The van der Waals surface area contributed by atoms with Gasteiger partial charge in [-0.2, -0.15) is 0 Å². The fourth-order valence-electron chi connectivity index (χ4n) is 2.99. The molecule has 0 aliphatic heterocycles. The van der Waals surface area contributed by atoms with Crippen molar-refractivity contribution in [1.29, 1.82) is 0 Å². The highest BCUT2D eigenvalue weighted by Crippen LogP contribution is 2.26. The summed E-state index contributed by atoms with van der Waals surface area (Å²) in [6.45, 7) is 0. The SMILES string of the molecule is O=C(Nc1cc(Cl)ccc1Cl)c1cncc(C(=O)NC2CCCCC2)c1.